The maximum Gasteiger partial charge on any atom is 0.332 e. The van der Waals surface area contributed by atoms with E-state index in [9.17, 15) is 18.4 Å². The van der Waals surface area contributed by atoms with Crippen LogP contribution in [0.4, 0.5) is 14.6 Å². The van der Waals surface area contributed by atoms with Gasteiger partial charge in [0, 0.05) is 25.9 Å². The van der Waals surface area contributed by atoms with Crippen LogP contribution < -0.4 is 11.2 Å². The number of hydrogen-bond acceptors (Lipinski definition) is 6. The molecule has 33 heavy (non-hydrogen) atoms. The molecule has 0 bridgehead atoms. The van der Waals surface area contributed by atoms with Gasteiger partial charge in [-0.1, -0.05) is 24.9 Å². The summed E-state index contributed by atoms with van der Waals surface area (Å²) in [6, 6.07) is 3.19. The topological polar surface area (TPSA) is 100.0 Å². The first-order chi connectivity index (χ1) is 15.9. The summed E-state index contributed by atoms with van der Waals surface area (Å²) < 4.78 is 29.9. The van der Waals surface area contributed by atoms with Gasteiger partial charge < -0.3 is 0 Å². The molecule has 1 aromatic carbocycles. The molecule has 2 aromatic heterocycles. The number of hydrogen-bond donors (Lipinski definition) is 0. The van der Waals surface area contributed by atoms with E-state index >= 15 is 0 Å². The fourth-order valence-corrected chi connectivity index (χ4v) is 3.92. The molecule has 174 valence electrons. The lowest BCUT2D eigenvalue weighted by Crippen LogP contribution is -2.41. The maximum absolute atomic E-state index is 13.8. The predicted molar refractivity (Wildman–Crippen MR) is 118 cm³/mol. The molecule has 0 amide bonds. The van der Waals surface area contributed by atoms with Crippen molar-refractivity contribution in [3.8, 4) is 0 Å². The normalized spacial score (nSPS) is 12.8. The van der Waals surface area contributed by atoms with Crippen LogP contribution in [0.1, 0.15) is 43.1 Å². The Morgan fingerprint density at radius 3 is 2.67 bits per heavy atom. The van der Waals surface area contributed by atoms with Crippen LogP contribution in [0.3, 0.4) is 0 Å². The van der Waals surface area contributed by atoms with Gasteiger partial charge in [-0.3, -0.25) is 13.9 Å². The second kappa shape index (κ2) is 9.74. The summed E-state index contributed by atoms with van der Waals surface area (Å²) in [7, 11) is 0. The van der Waals surface area contributed by atoms with Crippen molar-refractivity contribution in [3.63, 3.8) is 0 Å². The van der Waals surface area contributed by atoms with Crippen LogP contribution in [0.5, 0.6) is 0 Å². The van der Waals surface area contributed by atoms with Crippen molar-refractivity contribution in [2.45, 2.75) is 58.7 Å². The fraction of sp³-hybridized carbons (Fsp3) is 0.429. The molecule has 3 aromatic rings. The third-order valence-corrected chi connectivity index (χ3v) is 5.58. The largest absolute Gasteiger partial charge is 0.332 e. The zero-order valence-electron chi connectivity index (χ0n) is 18.0. The molecule has 0 saturated carbocycles. The molecule has 0 saturated heterocycles. The Labute approximate surface area is 192 Å². The Morgan fingerprint density at radius 1 is 1.09 bits per heavy atom. The van der Waals surface area contributed by atoms with Crippen molar-refractivity contribution in [2.24, 2.45) is 4.99 Å². The number of halogens is 3. The lowest BCUT2D eigenvalue weighted by atomic mass is 10.1. The maximum atomic E-state index is 13.8. The van der Waals surface area contributed by atoms with E-state index in [1.165, 1.54) is 13.9 Å². The highest BCUT2D eigenvalue weighted by Gasteiger charge is 2.24. The number of fused-ring (bicyclic) bond motifs is 1. The van der Waals surface area contributed by atoms with Gasteiger partial charge >= 0.3 is 5.69 Å². The minimum Gasteiger partial charge on any atom is -0.278 e. The molecular formula is C21H22ClF2N7O2. The van der Waals surface area contributed by atoms with Gasteiger partial charge in [0.15, 0.2) is 5.82 Å². The Morgan fingerprint density at radius 2 is 1.88 bits per heavy atom. The zero-order chi connectivity index (χ0) is 23.5. The van der Waals surface area contributed by atoms with Crippen LogP contribution >= 0.6 is 11.6 Å². The molecule has 0 N–H and O–H groups in total. The van der Waals surface area contributed by atoms with E-state index < -0.39 is 22.9 Å². The van der Waals surface area contributed by atoms with Gasteiger partial charge in [-0.25, -0.2) is 18.6 Å². The second-order valence-electron chi connectivity index (χ2n) is 7.78. The van der Waals surface area contributed by atoms with Crippen LogP contribution in [0, 0.1) is 11.6 Å². The van der Waals surface area contributed by atoms with Crippen LogP contribution in [0.15, 0.2) is 32.8 Å². The Bertz CT molecular complexity index is 1330. The molecule has 0 fully saturated rings. The van der Waals surface area contributed by atoms with E-state index in [4.69, 9.17) is 11.6 Å². The number of aromatic nitrogens is 6. The average Bonchev–Trinajstić information content (AvgIpc) is 3.39. The molecule has 0 aliphatic carbocycles. The molecule has 3 heterocycles. The van der Waals surface area contributed by atoms with E-state index in [1.54, 1.807) is 0 Å². The summed E-state index contributed by atoms with van der Waals surface area (Å²) in [6.07, 6.45) is 2.26. The molecule has 0 radical (unpaired) electrons. The van der Waals surface area contributed by atoms with Crippen molar-refractivity contribution >= 4 is 22.6 Å². The number of rotatable bonds is 9. The summed E-state index contributed by atoms with van der Waals surface area (Å²) in [4.78, 5) is 31.3. The number of benzene rings is 1. The van der Waals surface area contributed by atoms with Crippen molar-refractivity contribution in [3.05, 3.63) is 67.6 Å². The Balaban J connectivity index is 1.46. The Hall–Kier alpha value is -3.21. The molecular weight excluding hydrogens is 456 g/mol. The predicted octanol–water partition coefficient (Wildman–Crippen LogP) is 2.58. The van der Waals surface area contributed by atoms with Gasteiger partial charge in [0.05, 0.1) is 12.1 Å². The number of aryl methyl sites for hydroxylation is 1. The molecule has 4 rings (SSSR count). The molecule has 0 spiro atoms. The first-order valence-corrected chi connectivity index (χ1v) is 11.1. The molecule has 1 aliphatic rings. The van der Waals surface area contributed by atoms with Gasteiger partial charge in [0.25, 0.3) is 5.56 Å². The van der Waals surface area contributed by atoms with Crippen LogP contribution in [-0.4, -0.2) is 34.5 Å². The van der Waals surface area contributed by atoms with Gasteiger partial charge in [-0.05, 0) is 41.8 Å². The smallest absolute Gasteiger partial charge is 0.278 e. The van der Waals surface area contributed by atoms with E-state index in [1.807, 2.05) is 6.92 Å². The monoisotopic (exact) mass is 477 g/mol. The number of nitrogens with zero attached hydrogens (tertiary/aromatic N) is 7. The van der Waals surface area contributed by atoms with E-state index in [0.29, 0.717) is 29.5 Å². The van der Waals surface area contributed by atoms with E-state index in [-0.39, 0.29) is 37.3 Å². The summed E-state index contributed by atoms with van der Waals surface area (Å²) in [6.45, 7) is 2.91. The number of aliphatic imine (C=N–C) groups is 1. The van der Waals surface area contributed by atoms with Gasteiger partial charge in [0.1, 0.15) is 22.6 Å². The highest BCUT2D eigenvalue weighted by atomic mass is 35.5. The Kier molecular flexibility index (Phi) is 6.77. The molecule has 0 atom stereocenters. The summed E-state index contributed by atoms with van der Waals surface area (Å²) in [5, 5.41) is 12.3. The molecule has 0 unspecified atom stereocenters. The van der Waals surface area contributed by atoms with E-state index in [0.717, 1.165) is 31.0 Å². The first-order valence-electron chi connectivity index (χ1n) is 10.7. The number of unbranched alkanes of at least 4 members (excludes halogenated alkanes) is 1. The summed E-state index contributed by atoms with van der Waals surface area (Å²) in [5.74, 6) is -0.503. The molecule has 9 nitrogen and oxygen atoms in total. The minimum absolute atomic E-state index is 0.00320. The van der Waals surface area contributed by atoms with Crippen molar-refractivity contribution < 1.29 is 8.78 Å². The van der Waals surface area contributed by atoms with Crippen molar-refractivity contribution in [2.75, 3.05) is 0 Å². The highest BCUT2D eigenvalue weighted by molar-refractivity contribution is 6.66. The molecule has 1 aliphatic heterocycles. The number of tetrazole rings is 1. The SMILES string of the molecule is CCCCn1c2c(c(=O)n(CCCn3nnc(Cc4cc(F)ccc4F)n3)c1=O)CC(Cl)=N2. The lowest BCUT2D eigenvalue weighted by Gasteiger charge is -2.13. The van der Waals surface area contributed by atoms with Crippen molar-refractivity contribution in [1.29, 1.82) is 0 Å². The van der Waals surface area contributed by atoms with Gasteiger partial charge in [0.2, 0.25) is 0 Å². The molecule has 12 heteroatoms. The quantitative estimate of drug-likeness (QED) is 0.471. The van der Waals surface area contributed by atoms with Crippen LogP contribution in [0.2, 0.25) is 0 Å². The second-order valence-corrected chi connectivity index (χ2v) is 8.22. The zero-order valence-corrected chi connectivity index (χ0v) is 18.7. The average molecular weight is 478 g/mol. The van der Waals surface area contributed by atoms with Crippen molar-refractivity contribution in [1.82, 2.24) is 29.3 Å². The van der Waals surface area contributed by atoms with Crippen LogP contribution in [0.25, 0.3) is 0 Å². The standard InChI is InChI=1S/C21H22ClF2N7O2/c1-2-3-7-29-19-15(12-17(22)25-19)20(32)30(21(29)33)8-4-9-31-27-18(26-28-31)11-13-10-14(23)5-6-16(13)24/h5-6,10H,2-4,7-9,11-12H2,1H3. The van der Waals surface area contributed by atoms with Crippen LogP contribution in [-0.2, 0) is 32.5 Å². The fourth-order valence-electron chi connectivity index (χ4n) is 3.70. The summed E-state index contributed by atoms with van der Waals surface area (Å²) in [5.41, 5.74) is -0.256. The first kappa shape index (κ1) is 23.0. The third kappa shape index (κ3) is 4.92. The third-order valence-electron chi connectivity index (χ3n) is 5.37. The van der Waals surface area contributed by atoms with Gasteiger partial charge in [-0.2, -0.15) is 4.80 Å². The van der Waals surface area contributed by atoms with Gasteiger partial charge in [-0.15, -0.1) is 10.2 Å². The summed E-state index contributed by atoms with van der Waals surface area (Å²) >= 11 is 6.04. The lowest BCUT2D eigenvalue weighted by molar-refractivity contribution is 0.448. The highest BCUT2D eigenvalue weighted by Crippen LogP contribution is 2.24. The minimum atomic E-state index is -0.549. The van der Waals surface area contributed by atoms with E-state index in [2.05, 4.69) is 20.4 Å².